The minimum absolute atomic E-state index is 0.0263. The predicted octanol–water partition coefficient (Wildman–Crippen LogP) is 4.10. The van der Waals surface area contributed by atoms with Gasteiger partial charge in [0.05, 0.1) is 16.6 Å². The topological polar surface area (TPSA) is 96.6 Å². The number of aromatic nitrogens is 2. The number of hydrogen-bond acceptors (Lipinski definition) is 5. The molecule has 3 fully saturated rings. The van der Waals surface area contributed by atoms with Gasteiger partial charge in [0.1, 0.15) is 11.9 Å². The van der Waals surface area contributed by atoms with Crippen LogP contribution in [0.1, 0.15) is 83.1 Å². The molecule has 196 valence electrons. The molecule has 9 heteroatoms. The van der Waals surface area contributed by atoms with E-state index in [1.165, 1.54) is 17.1 Å². The maximum atomic E-state index is 15.2. The van der Waals surface area contributed by atoms with E-state index in [0.717, 1.165) is 64.2 Å². The van der Waals surface area contributed by atoms with E-state index >= 15 is 4.39 Å². The van der Waals surface area contributed by atoms with Crippen LogP contribution in [0, 0.1) is 5.82 Å². The van der Waals surface area contributed by atoms with Crippen LogP contribution in [0.15, 0.2) is 21.7 Å². The van der Waals surface area contributed by atoms with Crippen molar-refractivity contribution < 1.29 is 14.3 Å². The number of likely N-dealkylation sites (tertiary alicyclic amines) is 1. The first-order valence-corrected chi connectivity index (χ1v) is 13.7. The Hall–Kier alpha value is -2.68. The fourth-order valence-corrected chi connectivity index (χ4v) is 6.45. The van der Waals surface area contributed by atoms with Gasteiger partial charge in [0.25, 0.3) is 5.56 Å². The number of fused-ring (bicyclic) bond motifs is 1. The number of rotatable bonds is 7. The highest BCUT2D eigenvalue weighted by Gasteiger charge is 2.29. The van der Waals surface area contributed by atoms with Gasteiger partial charge in [-0.2, -0.15) is 0 Å². The third-order valence-corrected chi connectivity index (χ3v) is 8.42. The molecule has 0 radical (unpaired) electrons. The number of nitrogens with zero attached hydrogens (tertiary/aromatic N) is 3. The number of hydrogen-bond donors (Lipinski definition) is 2. The Morgan fingerprint density at radius 1 is 0.944 bits per heavy atom. The van der Waals surface area contributed by atoms with Crippen LogP contribution < -0.4 is 16.6 Å². The van der Waals surface area contributed by atoms with Gasteiger partial charge in [-0.3, -0.25) is 23.6 Å². The zero-order valence-electron chi connectivity index (χ0n) is 20.9. The summed E-state index contributed by atoms with van der Waals surface area (Å²) in [4.78, 5) is 40.8. The zero-order chi connectivity index (χ0) is 25.2. The molecule has 2 aromatic rings. The van der Waals surface area contributed by atoms with E-state index in [0.29, 0.717) is 30.7 Å². The fourth-order valence-electron chi connectivity index (χ4n) is 6.45. The van der Waals surface area contributed by atoms with Crippen molar-refractivity contribution in [2.24, 2.45) is 0 Å². The highest BCUT2D eigenvalue weighted by molar-refractivity contribution is 5.82. The first-order valence-electron chi connectivity index (χ1n) is 13.7. The second kappa shape index (κ2) is 10.7. The third-order valence-electron chi connectivity index (χ3n) is 8.42. The van der Waals surface area contributed by atoms with Crippen molar-refractivity contribution in [2.75, 3.05) is 18.4 Å². The highest BCUT2D eigenvalue weighted by atomic mass is 19.1. The fraction of sp³-hybridized carbons (Fsp3) is 0.667. The number of carboxylic acid groups (broad SMARTS) is 1. The van der Waals surface area contributed by atoms with Crippen molar-refractivity contribution in [2.45, 2.75) is 102 Å². The molecular weight excluding hydrogens is 463 g/mol. The number of carbonyl (C=O) groups is 1. The SMILES string of the molecule is O=C(O)C1CCCCN1CCn1c(=O)c2cc(F)c(NC3CCCCC3)cc2n(C2CCCC2)c1=O. The number of carboxylic acids is 1. The molecule has 1 atom stereocenters. The van der Waals surface area contributed by atoms with Gasteiger partial charge in [-0.1, -0.05) is 38.5 Å². The lowest BCUT2D eigenvalue weighted by Gasteiger charge is -2.33. The number of anilines is 1. The van der Waals surface area contributed by atoms with Crippen molar-refractivity contribution in [1.82, 2.24) is 14.0 Å². The predicted molar refractivity (Wildman–Crippen MR) is 137 cm³/mol. The van der Waals surface area contributed by atoms with Gasteiger partial charge < -0.3 is 10.4 Å². The van der Waals surface area contributed by atoms with Gasteiger partial charge in [0.15, 0.2) is 0 Å². The van der Waals surface area contributed by atoms with Crippen molar-refractivity contribution >= 4 is 22.6 Å². The highest BCUT2D eigenvalue weighted by Crippen LogP contribution is 2.32. The average Bonchev–Trinajstić information content (AvgIpc) is 3.40. The van der Waals surface area contributed by atoms with Crippen molar-refractivity contribution in [3.05, 3.63) is 38.8 Å². The molecule has 1 aromatic heterocycles. The summed E-state index contributed by atoms with van der Waals surface area (Å²) in [6.07, 6.45) is 11.4. The molecule has 8 nitrogen and oxygen atoms in total. The van der Waals surface area contributed by atoms with Crippen LogP contribution in [0.2, 0.25) is 0 Å². The Kier molecular flexibility index (Phi) is 7.46. The Bertz CT molecular complexity index is 1230. The second-order valence-electron chi connectivity index (χ2n) is 10.8. The van der Waals surface area contributed by atoms with Gasteiger partial charge in [0.2, 0.25) is 0 Å². The molecule has 1 unspecified atom stereocenters. The molecule has 2 aliphatic carbocycles. The zero-order valence-corrected chi connectivity index (χ0v) is 20.9. The number of piperidine rings is 1. The van der Waals surface area contributed by atoms with E-state index in [1.54, 1.807) is 10.6 Å². The molecule has 1 aromatic carbocycles. The number of aliphatic carboxylic acids is 1. The molecule has 0 amide bonds. The summed E-state index contributed by atoms with van der Waals surface area (Å²) in [5.74, 6) is -1.35. The maximum absolute atomic E-state index is 15.2. The third kappa shape index (κ3) is 4.94. The van der Waals surface area contributed by atoms with Gasteiger partial charge in [-0.15, -0.1) is 0 Å². The van der Waals surface area contributed by atoms with Gasteiger partial charge in [-0.05, 0) is 57.2 Å². The average molecular weight is 501 g/mol. The van der Waals surface area contributed by atoms with Crippen molar-refractivity contribution in [3.8, 4) is 0 Å². The van der Waals surface area contributed by atoms with Gasteiger partial charge >= 0.3 is 11.7 Å². The number of nitrogens with one attached hydrogen (secondary N) is 1. The lowest BCUT2D eigenvalue weighted by molar-refractivity contribution is -0.144. The van der Waals surface area contributed by atoms with E-state index in [4.69, 9.17) is 0 Å². The Morgan fingerprint density at radius 2 is 1.64 bits per heavy atom. The van der Waals surface area contributed by atoms with Crippen molar-refractivity contribution in [3.63, 3.8) is 0 Å². The van der Waals surface area contributed by atoms with Crippen LogP contribution in [0.25, 0.3) is 10.9 Å². The minimum Gasteiger partial charge on any atom is -0.480 e. The van der Waals surface area contributed by atoms with Crippen LogP contribution in [0.4, 0.5) is 10.1 Å². The van der Waals surface area contributed by atoms with Crippen LogP contribution in [0.5, 0.6) is 0 Å². The van der Waals surface area contributed by atoms with E-state index in [-0.39, 0.29) is 29.7 Å². The van der Waals surface area contributed by atoms with Crippen LogP contribution in [0.3, 0.4) is 0 Å². The summed E-state index contributed by atoms with van der Waals surface area (Å²) in [6.45, 7) is 1.01. The largest absolute Gasteiger partial charge is 0.480 e. The van der Waals surface area contributed by atoms with Gasteiger partial charge in [0, 0.05) is 25.2 Å². The smallest absolute Gasteiger partial charge is 0.331 e. The molecule has 1 saturated heterocycles. The first kappa shape index (κ1) is 25.0. The summed E-state index contributed by atoms with van der Waals surface area (Å²) in [5.41, 5.74) is -0.0284. The monoisotopic (exact) mass is 500 g/mol. The summed E-state index contributed by atoms with van der Waals surface area (Å²) >= 11 is 0. The lowest BCUT2D eigenvalue weighted by Crippen LogP contribution is -2.48. The Morgan fingerprint density at radius 3 is 2.36 bits per heavy atom. The molecule has 5 rings (SSSR count). The molecule has 2 heterocycles. The van der Waals surface area contributed by atoms with Crippen LogP contribution in [-0.2, 0) is 11.3 Å². The van der Waals surface area contributed by atoms with Crippen molar-refractivity contribution in [1.29, 1.82) is 0 Å². The normalized spacial score (nSPS) is 22.3. The van der Waals surface area contributed by atoms with Crippen LogP contribution >= 0.6 is 0 Å². The minimum atomic E-state index is -0.871. The number of benzene rings is 1. The van der Waals surface area contributed by atoms with Gasteiger partial charge in [-0.25, -0.2) is 9.18 Å². The molecule has 2 N–H and O–H groups in total. The standard InChI is InChI=1S/C27H37FN4O4/c28-21-16-20-24(17-22(21)29-18-8-2-1-3-9-18)32(19-10-4-5-11-19)27(36)31(25(20)33)15-14-30-13-7-6-12-23(30)26(34)35/h16-19,23,29H,1-15H2,(H,34,35). The molecule has 0 spiro atoms. The van der Waals surface area contributed by atoms with E-state index in [9.17, 15) is 19.5 Å². The molecule has 36 heavy (non-hydrogen) atoms. The summed E-state index contributed by atoms with van der Waals surface area (Å²) < 4.78 is 18.1. The maximum Gasteiger partial charge on any atom is 0.331 e. The molecule has 3 aliphatic rings. The van der Waals surface area contributed by atoms with Crippen LogP contribution in [-0.4, -0.2) is 50.3 Å². The summed E-state index contributed by atoms with van der Waals surface area (Å²) in [7, 11) is 0. The van der Waals surface area contributed by atoms with E-state index < -0.39 is 23.4 Å². The second-order valence-corrected chi connectivity index (χ2v) is 10.8. The summed E-state index contributed by atoms with van der Waals surface area (Å²) in [5, 5.41) is 13.1. The Labute approximate surface area is 210 Å². The lowest BCUT2D eigenvalue weighted by atomic mass is 9.95. The Balaban J connectivity index is 1.53. The molecular formula is C27H37FN4O4. The molecule has 1 aliphatic heterocycles. The quantitative estimate of drug-likeness (QED) is 0.594. The molecule has 2 saturated carbocycles. The van der Waals surface area contributed by atoms with E-state index in [1.807, 2.05) is 4.90 Å². The molecule has 0 bridgehead atoms. The summed E-state index contributed by atoms with van der Waals surface area (Å²) in [6, 6.07) is 2.52. The number of halogens is 1. The van der Waals surface area contributed by atoms with E-state index in [2.05, 4.69) is 5.32 Å². The first-order chi connectivity index (χ1) is 17.4.